The molecule has 1 amide bonds. The van der Waals surface area contributed by atoms with Crippen molar-refractivity contribution in [1.29, 1.82) is 0 Å². The second-order valence-electron chi connectivity index (χ2n) is 4.66. The zero-order valence-electron chi connectivity index (χ0n) is 12.0. The highest BCUT2D eigenvalue weighted by molar-refractivity contribution is 6.28. The van der Waals surface area contributed by atoms with Crippen molar-refractivity contribution in [2.45, 2.75) is 27.2 Å². The van der Waals surface area contributed by atoms with Crippen molar-refractivity contribution >= 4 is 29.4 Å². The van der Waals surface area contributed by atoms with Crippen LogP contribution in [0.2, 0.25) is 5.28 Å². The average molecular weight is 301 g/mol. The summed E-state index contributed by atoms with van der Waals surface area (Å²) in [6.45, 7) is 7.85. The van der Waals surface area contributed by atoms with Crippen LogP contribution in [0.25, 0.3) is 0 Å². The lowest BCUT2D eigenvalue weighted by atomic mass is 10.2. The number of nitrogens with zero attached hydrogens (tertiary/aromatic N) is 3. The highest BCUT2D eigenvalue weighted by atomic mass is 35.5. The van der Waals surface area contributed by atoms with E-state index >= 15 is 0 Å². The molecule has 0 aromatic carbocycles. The lowest BCUT2D eigenvalue weighted by Crippen LogP contribution is -2.28. The van der Waals surface area contributed by atoms with Gasteiger partial charge in [0.25, 0.3) is 0 Å². The van der Waals surface area contributed by atoms with E-state index in [-0.39, 0.29) is 11.2 Å². The molecule has 7 nitrogen and oxygen atoms in total. The van der Waals surface area contributed by atoms with Crippen molar-refractivity contribution in [3.05, 3.63) is 5.28 Å². The summed E-state index contributed by atoms with van der Waals surface area (Å²) in [5.74, 6) is 1.21. The van der Waals surface area contributed by atoms with Crippen molar-refractivity contribution in [3.63, 3.8) is 0 Å². The Hall–Kier alpha value is -1.63. The predicted octanol–water partition coefficient (Wildman–Crippen LogP) is 1.53. The number of carbonyl (C=O) groups excluding carboxylic acids is 1. The minimum absolute atomic E-state index is 0.00161. The second kappa shape index (κ2) is 8.52. The smallest absolute Gasteiger partial charge is 0.228 e. The fourth-order valence-electron chi connectivity index (χ4n) is 1.36. The largest absolute Gasteiger partial charge is 0.356 e. The Morgan fingerprint density at radius 1 is 1.20 bits per heavy atom. The van der Waals surface area contributed by atoms with E-state index in [1.54, 1.807) is 0 Å². The Bertz CT molecular complexity index is 440. The van der Waals surface area contributed by atoms with Gasteiger partial charge in [0.2, 0.25) is 23.1 Å². The summed E-state index contributed by atoms with van der Waals surface area (Å²) in [5.41, 5.74) is 0. The van der Waals surface area contributed by atoms with Gasteiger partial charge in [-0.05, 0) is 24.4 Å². The summed E-state index contributed by atoms with van der Waals surface area (Å²) in [6, 6.07) is 0. The highest BCUT2D eigenvalue weighted by Gasteiger charge is 2.06. The van der Waals surface area contributed by atoms with Gasteiger partial charge in [-0.2, -0.15) is 15.0 Å². The van der Waals surface area contributed by atoms with E-state index in [9.17, 15) is 4.79 Å². The molecule has 0 saturated heterocycles. The van der Waals surface area contributed by atoms with Crippen LogP contribution in [-0.2, 0) is 4.79 Å². The molecule has 1 aromatic rings. The zero-order chi connectivity index (χ0) is 15.0. The molecule has 0 fully saturated rings. The molecule has 0 atom stereocenters. The summed E-state index contributed by atoms with van der Waals surface area (Å²) in [6.07, 6.45) is 0.354. The number of halogens is 1. The average Bonchev–Trinajstić information content (AvgIpc) is 2.36. The van der Waals surface area contributed by atoms with E-state index < -0.39 is 0 Å². The Morgan fingerprint density at radius 3 is 2.45 bits per heavy atom. The molecule has 20 heavy (non-hydrogen) atoms. The maximum atomic E-state index is 11.5. The zero-order valence-corrected chi connectivity index (χ0v) is 12.8. The molecule has 0 aliphatic carbocycles. The van der Waals surface area contributed by atoms with Gasteiger partial charge in [0.05, 0.1) is 0 Å². The second-order valence-corrected chi connectivity index (χ2v) is 4.99. The van der Waals surface area contributed by atoms with Crippen LogP contribution in [0.1, 0.15) is 27.2 Å². The van der Waals surface area contributed by atoms with Gasteiger partial charge in [0.15, 0.2) is 0 Å². The Labute approximate surface area is 123 Å². The Morgan fingerprint density at radius 2 is 1.85 bits per heavy atom. The van der Waals surface area contributed by atoms with Crippen LogP contribution >= 0.6 is 11.6 Å². The van der Waals surface area contributed by atoms with Crippen molar-refractivity contribution in [1.82, 2.24) is 20.3 Å². The molecule has 0 aliphatic rings. The van der Waals surface area contributed by atoms with E-state index in [0.717, 1.165) is 0 Å². The van der Waals surface area contributed by atoms with Gasteiger partial charge in [-0.1, -0.05) is 13.8 Å². The number of hydrogen-bond donors (Lipinski definition) is 3. The van der Waals surface area contributed by atoms with Crippen LogP contribution in [0.3, 0.4) is 0 Å². The van der Waals surface area contributed by atoms with Crippen molar-refractivity contribution in [3.8, 4) is 0 Å². The first-order valence-corrected chi connectivity index (χ1v) is 7.05. The number of nitrogens with one attached hydrogen (secondary N) is 3. The molecule has 1 heterocycles. The summed E-state index contributed by atoms with van der Waals surface area (Å²) in [7, 11) is 0. The predicted molar refractivity (Wildman–Crippen MR) is 80.0 cm³/mol. The Kier molecular flexibility index (Phi) is 7.00. The lowest BCUT2D eigenvalue weighted by Gasteiger charge is -2.09. The summed E-state index contributed by atoms with van der Waals surface area (Å²) >= 11 is 5.79. The van der Waals surface area contributed by atoms with Crippen LogP contribution in [0.4, 0.5) is 11.9 Å². The first kappa shape index (κ1) is 16.4. The molecule has 8 heteroatoms. The summed E-state index contributed by atoms with van der Waals surface area (Å²) in [5, 5.41) is 8.86. The molecule has 1 aromatic heterocycles. The van der Waals surface area contributed by atoms with E-state index in [1.807, 2.05) is 20.8 Å². The third-order valence-corrected chi connectivity index (χ3v) is 2.45. The van der Waals surface area contributed by atoms with E-state index in [1.165, 1.54) is 0 Å². The van der Waals surface area contributed by atoms with Gasteiger partial charge >= 0.3 is 0 Å². The van der Waals surface area contributed by atoms with Crippen LogP contribution in [-0.4, -0.2) is 40.5 Å². The number of aromatic nitrogens is 3. The quantitative estimate of drug-likeness (QED) is 0.674. The Balaban J connectivity index is 2.39. The van der Waals surface area contributed by atoms with Gasteiger partial charge in [0, 0.05) is 26.1 Å². The van der Waals surface area contributed by atoms with Crippen LogP contribution in [0, 0.1) is 5.92 Å². The first-order chi connectivity index (χ1) is 9.51. The van der Waals surface area contributed by atoms with Gasteiger partial charge in [0.1, 0.15) is 0 Å². The number of hydrogen-bond acceptors (Lipinski definition) is 6. The van der Waals surface area contributed by atoms with Crippen LogP contribution in [0.5, 0.6) is 0 Å². The molecule has 0 spiro atoms. The monoisotopic (exact) mass is 300 g/mol. The topological polar surface area (TPSA) is 91.8 Å². The fraction of sp³-hybridized carbons (Fsp3) is 0.667. The minimum atomic E-state index is -0.00161. The van der Waals surface area contributed by atoms with Crippen LogP contribution < -0.4 is 16.0 Å². The van der Waals surface area contributed by atoms with Gasteiger partial charge in [-0.3, -0.25) is 4.79 Å². The maximum absolute atomic E-state index is 11.5. The first-order valence-electron chi connectivity index (χ1n) is 6.67. The van der Waals surface area contributed by atoms with Crippen molar-refractivity contribution in [2.24, 2.45) is 5.92 Å². The number of amides is 1. The SMILES string of the molecule is CCNc1nc(Cl)nc(NCCC(=O)NCC(C)C)n1. The third kappa shape index (κ3) is 6.51. The highest BCUT2D eigenvalue weighted by Crippen LogP contribution is 2.09. The van der Waals surface area contributed by atoms with E-state index in [4.69, 9.17) is 11.6 Å². The molecule has 1 rings (SSSR count). The maximum Gasteiger partial charge on any atom is 0.228 e. The van der Waals surface area contributed by atoms with Crippen LogP contribution in [0.15, 0.2) is 0 Å². The molecular formula is C12H21ClN6O. The molecule has 0 bridgehead atoms. The molecule has 0 saturated carbocycles. The summed E-state index contributed by atoms with van der Waals surface area (Å²) < 4.78 is 0. The molecule has 0 radical (unpaired) electrons. The number of carbonyl (C=O) groups is 1. The van der Waals surface area contributed by atoms with Crippen molar-refractivity contribution in [2.75, 3.05) is 30.3 Å². The molecule has 3 N–H and O–H groups in total. The van der Waals surface area contributed by atoms with Crippen molar-refractivity contribution < 1.29 is 4.79 Å². The molecule has 0 unspecified atom stereocenters. The number of anilines is 2. The molecule has 0 aliphatic heterocycles. The normalized spacial score (nSPS) is 10.4. The minimum Gasteiger partial charge on any atom is -0.356 e. The fourth-order valence-corrected chi connectivity index (χ4v) is 1.52. The number of rotatable bonds is 8. The van der Waals surface area contributed by atoms with E-state index in [0.29, 0.717) is 43.9 Å². The molecular weight excluding hydrogens is 280 g/mol. The van der Waals surface area contributed by atoms with Gasteiger partial charge < -0.3 is 16.0 Å². The third-order valence-electron chi connectivity index (χ3n) is 2.29. The van der Waals surface area contributed by atoms with Gasteiger partial charge in [-0.15, -0.1) is 0 Å². The van der Waals surface area contributed by atoms with E-state index in [2.05, 4.69) is 30.9 Å². The standard InChI is InChI=1S/C12H21ClN6O/c1-4-14-11-17-10(13)18-12(19-11)15-6-5-9(20)16-7-8(2)3/h8H,4-7H2,1-3H3,(H,16,20)(H2,14,15,17,18,19). The summed E-state index contributed by atoms with van der Waals surface area (Å²) in [4.78, 5) is 23.5. The van der Waals surface area contributed by atoms with Gasteiger partial charge in [-0.25, -0.2) is 0 Å². The lowest BCUT2D eigenvalue weighted by molar-refractivity contribution is -0.120. The molecule has 112 valence electrons.